The van der Waals surface area contributed by atoms with Crippen LogP contribution in [-0.2, 0) is 20.0 Å². The van der Waals surface area contributed by atoms with E-state index < -0.39 is 0 Å². The van der Waals surface area contributed by atoms with Crippen molar-refractivity contribution in [2.75, 3.05) is 6.54 Å². The monoisotopic (exact) mass is 219 g/mol. The Labute approximate surface area is 94.9 Å². The zero-order chi connectivity index (χ0) is 11.4. The maximum Gasteiger partial charge on any atom is 0.0524 e. The van der Waals surface area contributed by atoms with Gasteiger partial charge in [-0.1, -0.05) is 0 Å². The van der Waals surface area contributed by atoms with Gasteiger partial charge in [0.15, 0.2) is 0 Å². The first-order valence-corrected chi connectivity index (χ1v) is 5.44. The lowest BCUT2D eigenvalue weighted by atomic mass is 10.2. The summed E-state index contributed by atoms with van der Waals surface area (Å²) in [4.78, 5) is 0. The number of aryl methyl sites for hydroxylation is 1. The summed E-state index contributed by atoms with van der Waals surface area (Å²) in [6.45, 7) is 3.88. The van der Waals surface area contributed by atoms with E-state index in [0.29, 0.717) is 0 Å². The molecule has 0 bridgehead atoms. The Morgan fingerprint density at radius 3 is 3.00 bits per heavy atom. The van der Waals surface area contributed by atoms with Gasteiger partial charge >= 0.3 is 0 Å². The zero-order valence-electron chi connectivity index (χ0n) is 9.70. The average molecular weight is 219 g/mol. The van der Waals surface area contributed by atoms with Crippen molar-refractivity contribution in [3.05, 3.63) is 35.4 Å². The van der Waals surface area contributed by atoms with Gasteiger partial charge in [0.2, 0.25) is 0 Å². The molecule has 0 aliphatic carbocycles. The molecule has 86 valence electrons. The van der Waals surface area contributed by atoms with Crippen LogP contribution in [0.3, 0.4) is 0 Å². The topological polar surface area (TPSA) is 58.5 Å². The Kier molecular flexibility index (Phi) is 3.36. The number of nitrogens with zero attached hydrogens (tertiary/aromatic N) is 3. The molecular formula is C11H17N5. The Morgan fingerprint density at radius 1 is 1.50 bits per heavy atom. The van der Waals surface area contributed by atoms with Gasteiger partial charge in [-0.25, -0.2) is 0 Å². The van der Waals surface area contributed by atoms with E-state index in [1.54, 1.807) is 6.20 Å². The minimum atomic E-state index is 0.833. The highest BCUT2D eigenvalue weighted by Gasteiger charge is 2.02. The number of H-pyrrole nitrogens is 1. The minimum Gasteiger partial charge on any atom is -0.311 e. The normalized spacial score (nSPS) is 10.9. The third kappa shape index (κ3) is 2.49. The van der Waals surface area contributed by atoms with E-state index in [0.717, 1.165) is 25.2 Å². The lowest BCUT2D eigenvalue weighted by Gasteiger charge is -2.03. The molecule has 2 aromatic heterocycles. The van der Waals surface area contributed by atoms with E-state index in [1.807, 2.05) is 24.0 Å². The van der Waals surface area contributed by atoms with E-state index in [4.69, 9.17) is 0 Å². The molecule has 5 nitrogen and oxygen atoms in total. The second kappa shape index (κ2) is 4.94. The van der Waals surface area contributed by atoms with Crippen molar-refractivity contribution in [3.63, 3.8) is 0 Å². The van der Waals surface area contributed by atoms with Gasteiger partial charge in [-0.05, 0) is 31.5 Å². The quantitative estimate of drug-likeness (QED) is 0.731. The number of rotatable bonds is 5. The van der Waals surface area contributed by atoms with E-state index >= 15 is 0 Å². The summed E-state index contributed by atoms with van der Waals surface area (Å²) in [6.07, 6.45) is 4.71. The molecule has 0 saturated carbocycles. The van der Waals surface area contributed by atoms with Crippen LogP contribution in [0.2, 0.25) is 0 Å². The molecule has 0 atom stereocenters. The number of nitrogens with one attached hydrogen (secondary N) is 2. The molecule has 0 unspecified atom stereocenters. The van der Waals surface area contributed by atoms with Gasteiger partial charge in [0.1, 0.15) is 0 Å². The predicted octanol–water partition coefficient (Wildman–Crippen LogP) is 0.784. The summed E-state index contributed by atoms with van der Waals surface area (Å²) in [5.74, 6) is 0. The van der Waals surface area contributed by atoms with Crippen LogP contribution in [0.5, 0.6) is 0 Å². The number of aromatic nitrogens is 4. The molecule has 2 aromatic rings. The Hall–Kier alpha value is -1.62. The Morgan fingerprint density at radius 2 is 2.38 bits per heavy atom. The molecule has 0 aliphatic heterocycles. The molecular weight excluding hydrogens is 202 g/mol. The molecule has 0 radical (unpaired) electrons. The Balaban J connectivity index is 1.74. The highest BCUT2D eigenvalue weighted by molar-refractivity contribution is 5.16. The fourth-order valence-electron chi connectivity index (χ4n) is 1.62. The maximum atomic E-state index is 4.22. The lowest BCUT2D eigenvalue weighted by Crippen LogP contribution is -2.17. The van der Waals surface area contributed by atoms with Crippen molar-refractivity contribution in [2.45, 2.75) is 19.9 Å². The smallest absolute Gasteiger partial charge is 0.0524 e. The standard InChI is InChI=1S/C11H17N5/c1-9-10(7-14-16(9)2)3-5-12-8-11-4-6-13-15-11/h4,6-7,12H,3,5,8H2,1-2H3,(H,13,15). The van der Waals surface area contributed by atoms with Gasteiger partial charge in [0.25, 0.3) is 0 Å². The van der Waals surface area contributed by atoms with Crippen molar-refractivity contribution in [1.82, 2.24) is 25.3 Å². The van der Waals surface area contributed by atoms with E-state index in [1.165, 1.54) is 11.3 Å². The predicted molar refractivity (Wildman–Crippen MR) is 61.9 cm³/mol. The van der Waals surface area contributed by atoms with Crippen molar-refractivity contribution in [1.29, 1.82) is 0 Å². The minimum absolute atomic E-state index is 0.833. The summed E-state index contributed by atoms with van der Waals surface area (Å²) in [5.41, 5.74) is 3.66. The summed E-state index contributed by atoms with van der Waals surface area (Å²) in [7, 11) is 1.97. The van der Waals surface area contributed by atoms with Crippen LogP contribution in [0.4, 0.5) is 0 Å². The van der Waals surface area contributed by atoms with Gasteiger partial charge in [-0.3, -0.25) is 9.78 Å². The van der Waals surface area contributed by atoms with Gasteiger partial charge in [0, 0.05) is 31.2 Å². The molecule has 0 aliphatic rings. The largest absolute Gasteiger partial charge is 0.311 e. The van der Waals surface area contributed by atoms with Crippen molar-refractivity contribution in [3.8, 4) is 0 Å². The summed E-state index contributed by atoms with van der Waals surface area (Å²) in [5, 5.41) is 14.4. The first-order chi connectivity index (χ1) is 7.77. The highest BCUT2D eigenvalue weighted by Crippen LogP contribution is 2.05. The first-order valence-electron chi connectivity index (χ1n) is 5.44. The van der Waals surface area contributed by atoms with Crippen LogP contribution < -0.4 is 5.32 Å². The van der Waals surface area contributed by atoms with Crippen LogP contribution in [0, 0.1) is 6.92 Å². The van der Waals surface area contributed by atoms with Crippen LogP contribution in [0.15, 0.2) is 18.5 Å². The third-order valence-corrected chi connectivity index (χ3v) is 2.78. The van der Waals surface area contributed by atoms with Gasteiger partial charge in [0.05, 0.1) is 6.20 Å². The van der Waals surface area contributed by atoms with Gasteiger partial charge < -0.3 is 5.32 Å². The second-order valence-corrected chi connectivity index (χ2v) is 3.89. The van der Waals surface area contributed by atoms with Crippen LogP contribution in [-0.4, -0.2) is 26.5 Å². The Bertz CT molecular complexity index is 429. The average Bonchev–Trinajstić information content (AvgIpc) is 2.88. The molecule has 16 heavy (non-hydrogen) atoms. The molecule has 2 heterocycles. The molecule has 0 aromatic carbocycles. The van der Waals surface area contributed by atoms with E-state index in [2.05, 4.69) is 27.5 Å². The van der Waals surface area contributed by atoms with E-state index in [-0.39, 0.29) is 0 Å². The summed E-state index contributed by atoms with van der Waals surface area (Å²) < 4.78 is 1.91. The van der Waals surface area contributed by atoms with Crippen LogP contribution in [0.25, 0.3) is 0 Å². The number of hydrogen-bond acceptors (Lipinski definition) is 3. The van der Waals surface area contributed by atoms with Gasteiger partial charge in [-0.15, -0.1) is 0 Å². The van der Waals surface area contributed by atoms with Crippen LogP contribution >= 0.6 is 0 Å². The van der Waals surface area contributed by atoms with Crippen molar-refractivity contribution >= 4 is 0 Å². The first kappa shape index (κ1) is 10.9. The maximum absolute atomic E-state index is 4.22. The van der Waals surface area contributed by atoms with E-state index in [9.17, 15) is 0 Å². The lowest BCUT2D eigenvalue weighted by molar-refractivity contribution is 0.669. The fraction of sp³-hybridized carbons (Fsp3) is 0.455. The van der Waals surface area contributed by atoms with Gasteiger partial charge in [-0.2, -0.15) is 10.2 Å². The molecule has 0 fully saturated rings. The fourth-order valence-corrected chi connectivity index (χ4v) is 1.62. The molecule has 2 rings (SSSR count). The second-order valence-electron chi connectivity index (χ2n) is 3.89. The molecule has 0 saturated heterocycles. The van der Waals surface area contributed by atoms with Crippen molar-refractivity contribution in [2.24, 2.45) is 7.05 Å². The third-order valence-electron chi connectivity index (χ3n) is 2.78. The van der Waals surface area contributed by atoms with Crippen LogP contribution in [0.1, 0.15) is 17.0 Å². The SMILES string of the molecule is Cc1c(CCNCc2ccn[nH]2)cnn1C. The number of hydrogen-bond donors (Lipinski definition) is 2. The summed E-state index contributed by atoms with van der Waals surface area (Å²) >= 11 is 0. The zero-order valence-corrected chi connectivity index (χ0v) is 9.70. The molecule has 5 heteroatoms. The molecule has 0 spiro atoms. The van der Waals surface area contributed by atoms with Crippen molar-refractivity contribution < 1.29 is 0 Å². The summed E-state index contributed by atoms with van der Waals surface area (Å²) in [6, 6.07) is 1.97. The molecule has 0 amide bonds. The highest BCUT2D eigenvalue weighted by atomic mass is 15.3. The molecule has 2 N–H and O–H groups in total. The number of aromatic amines is 1.